The molecule has 0 aromatic rings. The van der Waals surface area contributed by atoms with Gasteiger partial charge in [0, 0.05) is 18.9 Å². The summed E-state index contributed by atoms with van der Waals surface area (Å²) in [5.74, 6) is -0.599. The van der Waals surface area contributed by atoms with Crippen LogP contribution in [0.4, 0.5) is 0 Å². The summed E-state index contributed by atoms with van der Waals surface area (Å²) in [6.45, 7) is 5.95. The number of carbonyl (C=O) groups is 1. The molecule has 0 aromatic heterocycles. The van der Waals surface area contributed by atoms with E-state index in [2.05, 4.69) is 5.32 Å². The third kappa shape index (κ3) is 8.13. The van der Waals surface area contributed by atoms with E-state index in [0.717, 1.165) is 13.0 Å². The number of amides is 1. The van der Waals surface area contributed by atoms with Crippen LogP contribution in [0.25, 0.3) is 0 Å². The van der Waals surface area contributed by atoms with Crippen molar-refractivity contribution in [3.8, 4) is 12.1 Å². The molecule has 0 saturated heterocycles. The number of likely N-dealkylation sites (N-methyl/N-ethyl adjacent to an activating group) is 1. The summed E-state index contributed by atoms with van der Waals surface area (Å²) in [4.78, 5) is 11.4. The third-order valence-corrected chi connectivity index (χ3v) is 3.14. The second kappa shape index (κ2) is 9.64. The average molecular weight is 309 g/mol. The van der Waals surface area contributed by atoms with Gasteiger partial charge >= 0.3 is 5.95 Å². The third-order valence-electron chi connectivity index (χ3n) is 3.14. The first-order valence-electron chi connectivity index (χ1n) is 7.19. The fourth-order valence-corrected chi connectivity index (χ4v) is 1.62. The highest BCUT2D eigenvalue weighted by Gasteiger charge is 2.16. The van der Waals surface area contributed by atoms with Crippen LogP contribution in [0, 0.1) is 28.6 Å². The maximum absolute atomic E-state index is 11.4. The molecule has 0 unspecified atom stereocenters. The van der Waals surface area contributed by atoms with Crippen molar-refractivity contribution >= 4 is 5.91 Å². The molecule has 2 N–H and O–H groups in total. The number of carbonyl (C=O) groups excluding carboxylic acids is 1. The molecule has 0 aromatic carbocycles. The monoisotopic (exact) mass is 309 g/mol. The first kappa shape index (κ1) is 19.8. The summed E-state index contributed by atoms with van der Waals surface area (Å²) in [6, 6.07) is 3.12. The van der Waals surface area contributed by atoms with Gasteiger partial charge in [0.05, 0.1) is 20.6 Å². The van der Waals surface area contributed by atoms with Gasteiger partial charge in [-0.1, -0.05) is 13.8 Å². The lowest BCUT2D eigenvalue weighted by Crippen LogP contribution is -2.44. The lowest BCUT2D eigenvalue weighted by atomic mass is 10.2. The number of allylic oxidation sites excluding steroid dienone is 1. The molecule has 0 spiro atoms. The molecule has 0 heterocycles. The van der Waals surface area contributed by atoms with E-state index in [1.807, 2.05) is 27.9 Å². The quantitative estimate of drug-likeness (QED) is 0.287. The first-order chi connectivity index (χ1) is 10.2. The van der Waals surface area contributed by atoms with Gasteiger partial charge in [-0.2, -0.15) is 10.5 Å². The molecular weight excluding hydrogens is 284 g/mol. The van der Waals surface area contributed by atoms with E-state index in [4.69, 9.17) is 15.3 Å². The molecular formula is C15H25N4O3+. The van der Waals surface area contributed by atoms with Crippen LogP contribution >= 0.6 is 0 Å². The second-order valence-electron chi connectivity index (χ2n) is 5.93. The summed E-state index contributed by atoms with van der Waals surface area (Å²) in [7, 11) is 4.01. The minimum Gasteiger partial charge on any atom is -0.479 e. The molecule has 0 rings (SSSR count). The Bertz CT molecular complexity index is 468. The summed E-state index contributed by atoms with van der Waals surface area (Å²) in [5.41, 5.74) is -0.429. The largest absolute Gasteiger partial charge is 0.479 e. The number of hydrogen-bond acceptors (Lipinski definition) is 5. The Morgan fingerprint density at radius 2 is 1.86 bits per heavy atom. The van der Waals surface area contributed by atoms with Crippen molar-refractivity contribution in [2.75, 3.05) is 40.3 Å². The minimum atomic E-state index is -0.630. The predicted molar refractivity (Wildman–Crippen MR) is 81.1 cm³/mol. The van der Waals surface area contributed by atoms with Crippen LogP contribution in [0.1, 0.15) is 20.3 Å². The Hall–Kier alpha value is -2.25. The van der Waals surface area contributed by atoms with E-state index < -0.39 is 11.5 Å². The summed E-state index contributed by atoms with van der Waals surface area (Å²) < 4.78 is 5.64. The fourth-order valence-electron chi connectivity index (χ4n) is 1.62. The van der Waals surface area contributed by atoms with Gasteiger partial charge in [0.1, 0.15) is 25.3 Å². The highest BCUT2D eigenvalue weighted by Crippen LogP contribution is 2.04. The summed E-state index contributed by atoms with van der Waals surface area (Å²) in [6.07, 6.45) is 0.828. The SMILES string of the molecule is CC(C)C(=O)NCCC[N+](C)(C)CCOC(O)=C(C#N)C#N. The maximum Gasteiger partial charge on any atom is 0.306 e. The van der Waals surface area contributed by atoms with E-state index in [1.165, 1.54) is 0 Å². The molecule has 0 atom stereocenters. The maximum atomic E-state index is 11.4. The molecule has 0 fully saturated rings. The summed E-state index contributed by atoms with van der Waals surface area (Å²) in [5, 5.41) is 29.4. The Morgan fingerprint density at radius 1 is 1.27 bits per heavy atom. The molecule has 7 heteroatoms. The second-order valence-corrected chi connectivity index (χ2v) is 5.93. The van der Waals surface area contributed by atoms with Gasteiger partial charge in [0.15, 0.2) is 0 Å². The number of nitrogens with one attached hydrogen (secondary N) is 1. The highest BCUT2D eigenvalue weighted by atomic mass is 16.6. The number of rotatable bonds is 9. The number of aliphatic hydroxyl groups is 1. The molecule has 122 valence electrons. The smallest absolute Gasteiger partial charge is 0.306 e. The van der Waals surface area contributed by atoms with Crippen LogP contribution in [0.2, 0.25) is 0 Å². The Kier molecular flexibility index (Phi) is 8.66. The van der Waals surface area contributed by atoms with Crippen molar-refractivity contribution in [3.05, 3.63) is 11.5 Å². The molecule has 0 aliphatic carbocycles. The van der Waals surface area contributed by atoms with Crippen LogP contribution in [-0.4, -0.2) is 55.8 Å². The van der Waals surface area contributed by atoms with Crippen molar-refractivity contribution in [2.24, 2.45) is 5.92 Å². The number of aliphatic hydroxyl groups excluding tert-OH is 1. The van der Waals surface area contributed by atoms with E-state index in [-0.39, 0.29) is 18.4 Å². The van der Waals surface area contributed by atoms with Crippen LogP contribution in [0.15, 0.2) is 11.5 Å². The zero-order chi connectivity index (χ0) is 17.2. The van der Waals surface area contributed by atoms with Crippen LogP contribution in [0.5, 0.6) is 0 Å². The molecule has 22 heavy (non-hydrogen) atoms. The van der Waals surface area contributed by atoms with Crippen LogP contribution < -0.4 is 5.32 Å². The number of nitrogens with zero attached hydrogens (tertiary/aromatic N) is 3. The zero-order valence-corrected chi connectivity index (χ0v) is 13.7. The van der Waals surface area contributed by atoms with Crippen LogP contribution in [0.3, 0.4) is 0 Å². The van der Waals surface area contributed by atoms with Crippen molar-refractivity contribution in [1.29, 1.82) is 10.5 Å². The lowest BCUT2D eigenvalue weighted by molar-refractivity contribution is -0.890. The van der Waals surface area contributed by atoms with E-state index in [9.17, 15) is 9.90 Å². The molecule has 1 amide bonds. The van der Waals surface area contributed by atoms with Crippen molar-refractivity contribution in [2.45, 2.75) is 20.3 Å². The van der Waals surface area contributed by atoms with Gasteiger partial charge in [-0.3, -0.25) is 4.79 Å². The molecule has 0 aliphatic heterocycles. The first-order valence-corrected chi connectivity index (χ1v) is 7.19. The normalized spacial score (nSPS) is 10.5. The molecule has 0 bridgehead atoms. The Balaban J connectivity index is 4.07. The highest BCUT2D eigenvalue weighted by molar-refractivity contribution is 5.77. The number of quaternary nitrogens is 1. The van der Waals surface area contributed by atoms with E-state index in [0.29, 0.717) is 17.6 Å². The zero-order valence-electron chi connectivity index (χ0n) is 13.7. The topological polar surface area (TPSA) is 106 Å². The van der Waals surface area contributed by atoms with Crippen molar-refractivity contribution < 1.29 is 19.1 Å². The fraction of sp³-hybridized carbons (Fsp3) is 0.667. The van der Waals surface area contributed by atoms with Gasteiger partial charge in [-0.25, -0.2) is 0 Å². The number of hydrogen-bond donors (Lipinski definition) is 2. The predicted octanol–water partition coefficient (Wildman–Crippen LogP) is 1.06. The molecule has 0 saturated carbocycles. The van der Waals surface area contributed by atoms with Crippen molar-refractivity contribution in [1.82, 2.24) is 5.32 Å². The Morgan fingerprint density at radius 3 is 2.36 bits per heavy atom. The minimum absolute atomic E-state index is 0.0138. The Labute approximate surface area is 132 Å². The standard InChI is InChI=1S/C15H24N4O3/c1-12(2)14(20)18-6-5-7-19(3,4)8-9-22-15(21)13(10-16)11-17/h12H,5-9H2,1-4H3,(H-,18,20,21)/p+1. The van der Waals surface area contributed by atoms with Gasteiger partial charge in [0.25, 0.3) is 0 Å². The van der Waals surface area contributed by atoms with Gasteiger partial charge in [0.2, 0.25) is 11.5 Å². The molecule has 7 nitrogen and oxygen atoms in total. The van der Waals surface area contributed by atoms with E-state index in [1.54, 1.807) is 12.1 Å². The van der Waals surface area contributed by atoms with Gasteiger partial charge in [-0.05, 0) is 0 Å². The van der Waals surface area contributed by atoms with Gasteiger partial charge in [-0.15, -0.1) is 0 Å². The van der Waals surface area contributed by atoms with Crippen molar-refractivity contribution in [3.63, 3.8) is 0 Å². The van der Waals surface area contributed by atoms with Gasteiger partial charge < -0.3 is 19.6 Å². The number of nitriles is 2. The number of ether oxygens (including phenoxy) is 1. The average Bonchev–Trinajstić information content (AvgIpc) is 2.44. The molecule has 0 aliphatic rings. The van der Waals surface area contributed by atoms with Crippen LogP contribution in [-0.2, 0) is 9.53 Å². The summed E-state index contributed by atoms with van der Waals surface area (Å²) >= 11 is 0. The van der Waals surface area contributed by atoms with E-state index >= 15 is 0 Å². The lowest BCUT2D eigenvalue weighted by Gasteiger charge is -2.29. The molecule has 0 radical (unpaired) electrons.